The van der Waals surface area contributed by atoms with Crippen LogP contribution in [-0.4, -0.2) is 22.7 Å². The summed E-state index contributed by atoms with van der Waals surface area (Å²) < 4.78 is 0. The molecule has 1 fully saturated rings. The Morgan fingerprint density at radius 1 is 1.53 bits per heavy atom. The van der Waals surface area contributed by atoms with Crippen LogP contribution in [0, 0.1) is 27.4 Å². The van der Waals surface area contributed by atoms with E-state index in [-0.39, 0.29) is 17.7 Å². The van der Waals surface area contributed by atoms with Crippen molar-refractivity contribution in [3.05, 3.63) is 33.9 Å². The summed E-state index contributed by atoms with van der Waals surface area (Å²) in [6.45, 7) is 0.483. The van der Waals surface area contributed by atoms with Gasteiger partial charge in [-0.05, 0) is 25.0 Å². The van der Waals surface area contributed by atoms with E-state index in [1.165, 1.54) is 18.2 Å². The van der Waals surface area contributed by atoms with Crippen LogP contribution in [-0.2, 0) is 0 Å². The van der Waals surface area contributed by atoms with Crippen molar-refractivity contribution >= 4 is 11.4 Å². The maximum absolute atomic E-state index is 10.9. The van der Waals surface area contributed by atoms with Gasteiger partial charge < -0.3 is 10.4 Å². The van der Waals surface area contributed by atoms with Gasteiger partial charge in [-0.25, -0.2) is 0 Å². The summed E-state index contributed by atoms with van der Waals surface area (Å²) in [5.74, 6) is 0.116. The maximum Gasteiger partial charge on any atom is 0.292 e. The molecule has 6 nitrogen and oxygen atoms in total. The van der Waals surface area contributed by atoms with Gasteiger partial charge in [-0.15, -0.1) is 0 Å². The number of nitrogens with zero attached hydrogens (tertiary/aromatic N) is 2. The monoisotopic (exact) mass is 261 g/mol. The molecule has 1 aromatic rings. The Kier molecular flexibility index (Phi) is 3.97. The number of nitriles is 1. The highest BCUT2D eigenvalue weighted by Crippen LogP contribution is 2.29. The Labute approximate surface area is 110 Å². The fraction of sp³-hybridized carbons (Fsp3) is 0.462. The molecule has 0 heterocycles. The zero-order chi connectivity index (χ0) is 13.8. The summed E-state index contributed by atoms with van der Waals surface area (Å²) in [5, 5.41) is 32.4. The molecular weight excluding hydrogens is 246 g/mol. The van der Waals surface area contributed by atoms with Crippen LogP contribution in [0.25, 0.3) is 0 Å². The van der Waals surface area contributed by atoms with Crippen molar-refractivity contribution in [2.24, 2.45) is 5.92 Å². The average molecular weight is 261 g/mol. The number of nitro groups is 1. The van der Waals surface area contributed by atoms with Gasteiger partial charge in [-0.1, -0.05) is 6.42 Å². The molecule has 0 bridgehead atoms. The zero-order valence-electron chi connectivity index (χ0n) is 10.4. The fourth-order valence-electron chi connectivity index (χ4n) is 2.40. The smallest absolute Gasteiger partial charge is 0.292 e. The molecule has 2 unspecified atom stereocenters. The first-order valence-electron chi connectivity index (χ1n) is 6.22. The normalized spacial score (nSPS) is 21.9. The predicted molar refractivity (Wildman–Crippen MR) is 69.6 cm³/mol. The summed E-state index contributed by atoms with van der Waals surface area (Å²) in [5.41, 5.74) is 0.662. The van der Waals surface area contributed by atoms with Gasteiger partial charge in [-0.3, -0.25) is 10.1 Å². The summed E-state index contributed by atoms with van der Waals surface area (Å²) in [6, 6.07) is 6.18. The number of nitrogens with one attached hydrogen (secondary N) is 1. The zero-order valence-corrected chi connectivity index (χ0v) is 10.4. The Morgan fingerprint density at radius 2 is 2.32 bits per heavy atom. The van der Waals surface area contributed by atoms with E-state index in [0.717, 1.165) is 19.3 Å². The van der Waals surface area contributed by atoms with E-state index in [1.807, 2.05) is 6.07 Å². The molecule has 100 valence electrons. The van der Waals surface area contributed by atoms with Crippen LogP contribution in [0.2, 0.25) is 0 Å². The van der Waals surface area contributed by atoms with Crippen LogP contribution in [0.15, 0.2) is 18.2 Å². The number of anilines is 1. The van der Waals surface area contributed by atoms with Crippen molar-refractivity contribution < 1.29 is 10.0 Å². The van der Waals surface area contributed by atoms with Gasteiger partial charge >= 0.3 is 0 Å². The highest BCUT2D eigenvalue weighted by atomic mass is 16.6. The third kappa shape index (κ3) is 3.01. The molecule has 2 rings (SSSR count). The number of aliphatic hydroxyl groups excluding tert-OH is 1. The minimum absolute atomic E-state index is 0.0495. The fourth-order valence-corrected chi connectivity index (χ4v) is 2.40. The molecule has 1 aliphatic rings. The van der Waals surface area contributed by atoms with E-state index in [0.29, 0.717) is 17.8 Å². The lowest BCUT2D eigenvalue weighted by Gasteiger charge is -2.16. The van der Waals surface area contributed by atoms with Crippen molar-refractivity contribution in [2.75, 3.05) is 11.9 Å². The minimum Gasteiger partial charge on any atom is -0.393 e. The van der Waals surface area contributed by atoms with Crippen molar-refractivity contribution in [1.29, 1.82) is 5.26 Å². The number of aliphatic hydroxyl groups is 1. The molecule has 0 amide bonds. The van der Waals surface area contributed by atoms with Gasteiger partial charge in [0, 0.05) is 18.5 Å². The van der Waals surface area contributed by atoms with Crippen molar-refractivity contribution in [3.8, 4) is 6.07 Å². The summed E-state index contributed by atoms with van der Waals surface area (Å²) in [7, 11) is 0. The van der Waals surface area contributed by atoms with E-state index < -0.39 is 4.92 Å². The molecule has 0 aromatic heterocycles. The lowest BCUT2D eigenvalue weighted by molar-refractivity contribution is -0.384. The molecule has 1 saturated carbocycles. The van der Waals surface area contributed by atoms with Gasteiger partial charge in [0.05, 0.1) is 22.7 Å². The molecular formula is C13H15N3O3. The highest BCUT2D eigenvalue weighted by molar-refractivity contribution is 5.64. The topological polar surface area (TPSA) is 99.2 Å². The second-order valence-corrected chi connectivity index (χ2v) is 4.74. The van der Waals surface area contributed by atoms with E-state index in [9.17, 15) is 15.2 Å². The maximum atomic E-state index is 10.9. The molecule has 1 aromatic carbocycles. The molecule has 2 atom stereocenters. The van der Waals surface area contributed by atoms with Gasteiger partial charge in [0.1, 0.15) is 5.69 Å². The van der Waals surface area contributed by atoms with Gasteiger partial charge in [0.25, 0.3) is 5.69 Å². The summed E-state index contributed by atoms with van der Waals surface area (Å²) in [6.07, 6.45) is 2.34. The number of rotatable bonds is 4. The Balaban J connectivity index is 2.13. The van der Waals surface area contributed by atoms with Crippen molar-refractivity contribution in [2.45, 2.75) is 25.4 Å². The van der Waals surface area contributed by atoms with Gasteiger partial charge in [-0.2, -0.15) is 5.26 Å². The molecule has 0 aliphatic heterocycles. The highest BCUT2D eigenvalue weighted by Gasteiger charge is 2.25. The number of hydrogen-bond donors (Lipinski definition) is 2. The average Bonchev–Trinajstić information content (AvgIpc) is 2.81. The standard InChI is InChI=1S/C13H15N3O3/c14-7-9-4-5-12(16(18)19)11(6-9)15-8-10-2-1-3-13(10)17/h4-6,10,13,15,17H,1-3,8H2. The lowest BCUT2D eigenvalue weighted by Crippen LogP contribution is -2.22. The molecule has 2 N–H and O–H groups in total. The molecule has 6 heteroatoms. The third-order valence-electron chi connectivity index (χ3n) is 3.50. The summed E-state index contributed by atoms with van der Waals surface area (Å²) in [4.78, 5) is 10.4. The van der Waals surface area contributed by atoms with Crippen molar-refractivity contribution in [1.82, 2.24) is 0 Å². The van der Waals surface area contributed by atoms with Crippen LogP contribution in [0.4, 0.5) is 11.4 Å². The predicted octanol–water partition coefficient (Wildman–Crippen LogP) is 2.04. The largest absolute Gasteiger partial charge is 0.393 e. The molecule has 19 heavy (non-hydrogen) atoms. The number of benzene rings is 1. The van der Waals surface area contributed by atoms with E-state index >= 15 is 0 Å². The third-order valence-corrected chi connectivity index (χ3v) is 3.50. The van der Waals surface area contributed by atoms with Gasteiger partial charge in [0.15, 0.2) is 0 Å². The second kappa shape index (κ2) is 5.67. The van der Waals surface area contributed by atoms with E-state index in [4.69, 9.17) is 5.26 Å². The summed E-state index contributed by atoms with van der Waals surface area (Å²) >= 11 is 0. The van der Waals surface area contributed by atoms with Gasteiger partial charge in [0.2, 0.25) is 0 Å². The second-order valence-electron chi connectivity index (χ2n) is 4.74. The molecule has 0 radical (unpaired) electrons. The molecule has 0 saturated heterocycles. The SMILES string of the molecule is N#Cc1ccc([N+](=O)[O-])c(NCC2CCCC2O)c1. The van der Waals surface area contributed by atoms with E-state index in [1.54, 1.807) is 0 Å². The molecule has 0 spiro atoms. The van der Waals surface area contributed by atoms with Crippen LogP contribution in [0.1, 0.15) is 24.8 Å². The minimum atomic E-state index is -0.478. The van der Waals surface area contributed by atoms with Crippen LogP contribution < -0.4 is 5.32 Å². The molecule has 1 aliphatic carbocycles. The lowest BCUT2D eigenvalue weighted by atomic mass is 10.1. The van der Waals surface area contributed by atoms with E-state index in [2.05, 4.69) is 5.32 Å². The first kappa shape index (κ1) is 13.3. The number of nitro benzene ring substituents is 1. The first-order valence-corrected chi connectivity index (χ1v) is 6.22. The first-order chi connectivity index (χ1) is 9.11. The van der Waals surface area contributed by atoms with Crippen LogP contribution >= 0.6 is 0 Å². The van der Waals surface area contributed by atoms with Crippen LogP contribution in [0.3, 0.4) is 0 Å². The van der Waals surface area contributed by atoms with Crippen molar-refractivity contribution in [3.63, 3.8) is 0 Å². The number of hydrogen-bond acceptors (Lipinski definition) is 5. The Bertz CT molecular complexity index is 524. The van der Waals surface area contributed by atoms with Crippen LogP contribution in [0.5, 0.6) is 0 Å². The quantitative estimate of drug-likeness (QED) is 0.638. The Morgan fingerprint density at radius 3 is 2.89 bits per heavy atom. The Hall–Kier alpha value is -2.13.